The van der Waals surface area contributed by atoms with Crippen LogP contribution in [0.25, 0.3) is 55.3 Å². The summed E-state index contributed by atoms with van der Waals surface area (Å²) in [4.78, 5) is 2.49. The van der Waals surface area contributed by atoms with Crippen molar-refractivity contribution in [3.05, 3.63) is 182 Å². The van der Waals surface area contributed by atoms with Crippen molar-refractivity contribution in [3.8, 4) is 22.5 Å². The van der Waals surface area contributed by atoms with Crippen LogP contribution in [0, 0.1) is 0 Å². The van der Waals surface area contributed by atoms with Crippen LogP contribution in [0.3, 0.4) is 0 Å². The number of hydrogen-bond acceptors (Lipinski definition) is 1. The monoisotopic (exact) mass is 601 g/mol. The molecule has 0 saturated heterocycles. The van der Waals surface area contributed by atoms with E-state index in [1.165, 1.54) is 60.9 Å². The molecule has 1 aliphatic heterocycles. The third kappa shape index (κ3) is 3.87. The first kappa shape index (κ1) is 26.2. The number of fused-ring (bicyclic) bond motifs is 8. The molecular formula is C44H31N3. The van der Waals surface area contributed by atoms with Crippen LogP contribution in [0.5, 0.6) is 0 Å². The number of anilines is 2. The van der Waals surface area contributed by atoms with Gasteiger partial charge in [0.15, 0.2) is 0 Å². The van der Waals surface area contributed by atoms with Gasteiger partial charge in [-0.3, -0.25) is 0 Å². The lowest BCUT2D eigenvalue weighted by Crippen LogP contribution is -2.28. The van der Waals surface area contributed by atoms with Crippen LogP contribution in [0.4, 0.5) is 11.4 Å². The lowest BCUT2D eigenvalue weighted by atomic mass is 9.91. The molecule has 2 aromatic heterocycles. The van der Waals surface area contributed by atoms with Gasteiger partial charge >= 0.3 is 0 Å². The number of para-hydroxylation sites is 4. The van der Waals surface area contributed by atoms with E-state index in [9.17, 15) is 0 Å². The Bertz CT molecular complexity index is 2480. The maximum Gasteiger partial charge on any atom is 0.0804 e. The third-order valence-corrected chi connectivity index (χ3v) is 10.0. The van der Waals surface area contributed by atoms with Crippen molar-refractivity contribution in [3.63, 3.8) is 0 Å². The first-order valence-corrected chi connectivity index (χ1v) is 16.4. The van der Waals surface area contributed by atoms with Gasteiger partial charge in [-0.2, -0.15) is 0 Å². The highest BCUT2D eigenvalue weighted by Crippen LogP contribution is 2.48. The second-order valence-corrected chi connectivity index (χ2v) is 12.6. The van der Waals surface area contributed by atoms with Crippen molar-refractivity contribution in [1.29, 1.82) is 0 Å². The van der Waals surface area contributed by atoms with Crippen molar-refractivity contribution >= 4 is 44.2 Å². The van der Waals surface area contributed by atoms with Crippen LogP contribution in [-0.2, 0) is 0 Å². The minimum Gasteiger partial charge on any atom is -0.333 e. The summed E-state index contributed by atoms with van der Waals surface area (Å²) in [5.74, 6) is 0.380. The molecule has 6 aromatic carbocycles. The Hall–Kier alpha value is -6.06. The topological polar surface area (TPSA) is 13.1 Å². The fraction of sp³-hybridized carbons (Fsp3) is 0.0455. The van der Waals surface area contributed by atoms with Crippen molar-refractivity contribution in [2.75, 3.05) is 4.90 Å². The SMILES string of the molecule is C1=CC2c3ccccc3N(c3ccc(-c4ccc5c(c4)c4c(c6ccccc6n4-c4ccccc4)n5-c4ccccc4)cc3)C2C=C1. The lowest BCUT2D eigenvalue weighted by molar-refractivity contribution is 0.745. The summed E-state index contributed by atoms with van der Waals surface area (Å²) in [6, 6.07) is 55.5. The summed E-state index contributed by atoms with van der Waals surface area (Å²) in [5.41, 5.74) is 13.5. The van der Waals surface area contributed by atoms with Crippen molar-refractivity contribution < 1.29 is 0 Å². The predicted molar refractivity (Wildman–Crippen MR) is 196 cm³/mol. The van der Waals surface area contributed by atoms with Crippen LogP contribution >= 0.6 is 0 Å². The van der Waals surface area contributed by atoms with Crippen LogP contribution < -0.4 is 4.90 Å². The van der Waals surface area contributed by atoms with Crippen LogP contribution in [0.1, 0.15) is 11.5 Å². The summed E-state index contributed by atoms with van der Waals surface area (Å²) in [7, 11) is 0. The van der Waals surface area contributed by atoms with Gasteiger partial charge in [-0.25, -0.2) is 0 Å². The molecular weight excluding hydrogens is 571 g/mol. The first-order valence-electron chi connectivity index (χ1n) is 16.4. The standard InChI is InChI=1S/C44H31N3/c1-3-13-32(14-4-1)46-41-22-12-9-19-37(41)43-44(46)38-29-31(25-28-42(38)47(43)33-15-5-2-6-16-33)30-23-26-34(27-24-30)45-39-20-10-7-17-35(39)36-18-8-11-21-40(36)45/h1-29,35,39H. The molecule has 3 nitrogen and oxygen atoms in total. The number of benzene rings is 6. The van der Waals surface area contributed by atoms with Gasteiger partial charge in [0.2, 0.25) is 0 Å². The Morgan fingerprint density at radius 1 is 0.426 bits per heavy atom. The summed E-state index contributed by atoms with van der Waals surface area (Å²) < 4.78 is 4.87. The van der Waals surface area contributed by atoms with Gasteiger partial charge < -0.3 is 14.0 Å². The normalized spacial score (nSPS) is 16.7. The molecule has 0 saturated carbocycles. The highest BCUT2D eigenvalue weighted by Gasteiger charge is 2.36. The fourth-order valence-electron chi connectivity index (χ4n) is 8.01. The third-order valence-electron chi connectivity index (χ3n) is 10.0. The molecule has 0 N–H and O–H groups in total. The smallest absolute Gasteiger partial charge is 0.0804 e. The van der Waals surface area contributed by atoms with Gasteiger partial charge in [-0.05, 0) is 77.4 Å². The largest absolute Gasteiger partial charge is 0.333 e. The highest BCUT2D eigenvalue weighted by atomic mass is 15.2. The minimum absolute atomic E-state index is 0.297. The average Bonchev–Trinajstić information content (AvgIpc) is 3.78. The Morgan fingerprint density at radius 2 is 1.02 bits per heavy atom. The Morgan fingerprint density at radius 3 is 1.79 bits per heavy atom. The molecule has 0 fully saturated rings. The van der Waals surface area contributed by atoms with E-state index in [-0.39, 0.29) is 0 Å². The van der Waals surface area contributed by atoms with E-state index in [0.29, 0.717) is 12.0 Å². The van der Waals surface area contributed by atoms with E-state index < -0.39 is 0 Å². The van der Waals surface area contributed by atoms with E-state index in [2.05, 4.69) is 190 Å². The Labute approximate surface area is 273 Å². The molecule has 2 aliphatic rings. The lowest BCUT2D eigenvalue weighted by Gasteiger charge is -2.28. The molecule has 1 aliphatic carbocycles. The molecule has 2 atom stereocenters. The van der Waals surface area contributed by atoms with Crippen LogP contribution in [0.15, 0.2) is 176 Å². The minimum atomic E-state index is 0.297. The van der Waals surface area contributed by atoms with E-state index in [1.807, 2.05) is 0 Å². The van der Waals surface area contributed by atoms with Crippen LogP contribution in [0.2, 0.25) is 0 Å². The molecule has 3 heterocycles. The first-order chi connectivity index (χ1) is 23.3. The summed E-state index contributed by atoms with van der Waals surface area (Å²) in [6.45, 7) is 0. The second-order valence-electron chi connectivity index (χ2n) is 12.6. The zero-order valence-electron chi connectivity index (χ0n) is 25.7. The van der Waals surface area contributed by atoms with Gasteiger partial charge in [0.05, 0.1) is 28.1 Å². The molecule has 222 valence electrons. The van der Waals surface area contributed by atoms with Crippen molar-refractivity contribution in [1.82, 2.24) is 9.13 Å². The average molecular weight is 602 g/mol. The van der Waals surface area contributed by atoms with Gasteiger partial charge in [-0.15, -0.1) is 0 Å². The summed E-state index contributed by atoms with van der Waals surface area (Å²) in [5, 5.41) is 2.48. The van der Waals surface area contributed by atoms with Gasteiger partial charge in [0.25, 0.3) is 0 Å². The molecule has 8 aromatic rings. The van der Waals surface area contributed by atoms with Crippen molar-refractivity contribution in [2.24, 2.45) is 0 Å². The zero-order valence-corrected chi connectivity index (χ0v) is 25.7. The predicted octanol–water partition coefficient (Wildman–Crippen LogP) is 11.1. The Balaban J connectivity index is 1.17. The maximum absolute atomic E-state index is 2.49. The maximum atomic E-state index is 2.49. The van der Waals surface area contributed by atoms with Gasteiger partial charge in [0.1, 0.15) is 0 Å². The van der Waals surface area contributed by atoms with Crippen LogP contribution in [-0.4, -0.2) is 15.2 Å². The highest BCUT2D eigenvalue weighted by molar-refractivity contribution is 6.20. The number of hydrogen-bond donors (Lipinski definition) is 0. The second kappa shape index (κ2) is 10.2. The molecule has 2 unspecified atom stereocenters. The van der Waals surface area contributed by atoms with E-state index in [1.54, 1.807) is 0 Å². The number of allylic oxidation sites excluding steroid dienone is 2. The summed E-state index contributed by atoms with van der Waals surface area (Å²) in [6.07, 6.45) is 9.03. The molecule has 0 spiro atoms. The molecule has 0 amide bonds. The van der Waals surface area contributed by atoms with Gasteiger partial charge in [0, 0.05) is 39.4 Å². The molecule has 10 rings (SSSR count). The number of nitrogens with zero attached hydrogens (tertiary/aromatic N) is 3. The number of rotatable bonds is 4. The fourth-order valence-corrected chi connectivity index (χ4v) is 8.01. The van der Waals surface area contributed by atoms with E-state index in [4.69, 9.17) is 0 Å². The number of aromatic nitrogens is 2. The quantitative estimate of drug-likeness (QED) is 0.196. The molecule has 0 radical (unpaired) electrons. The molecule has 0 bridgehead atoms. The summed E-state index contributed by atoms with van der Waals surface area (Å²) >= 11 is 0. The molecule has 3 heteroatoms. The molecule has 47 heavy (non-hydrogen) atoms. The van der Waals surface area contributed by atoms with Gasteiger partial charge in [-0.1, -0.05) is 115 Å². The zero-order chi connectivity index (χ0) is 30.9. The Kier molecular flexibility index (Phi) is 5.70. The van der Waals surface area contributed by atoms with E-state index in [0.717, 1.165) is 11.4 Å². The van der Waals surface area contributed by atoms with E-state index >= 15 is 0 Å². The van der Waals surface area contributed by atoms with Crippen molar-refractivity contribution in [2.45, 2.75) is 12.0 Å².